The first-order valence-electron chi connectivity index (χ1n) is 6.20. The van der Waals surface area contributed by atoms with Crippen molar-refractivity contribution < 1.29 is 9.53 Å². The van der Waals surface area contributed by atoms with E-state index in [1.807, 2.05) is 0 Å². The van der Waals surface area contributed by atoms with Crippen molar-refractivity contribution in [3.63, 3.8) is 0 Å². The zero-order chi connectivity index (χ0) is 10.9. The van der Waals surface area contributed by atoms with Gasteiger partial charge in [0, 0.05) is 5.57 Å². The molecule has 0 radical (unpaired) electrons. The van der Waals surface area contributed by atoms with Gasteiger partial charge in [-0.05, 0) is 32.1 Å². The van der Waals surface area contributed by atoms with E-state index in [-0.39, 0.29) is 5.97 Å². The molecule has 0 aromatic carbocycles. The van der Waals surface area contributed by atoms with Crippen LogP contribution in [0, 0.1) is 0 Å². The molecule has 0 spiro atoms. The van der Waals surface area contributed by atoms with Crippen molar-refractivity contribution in [1.29, 1.82) is 0 Å². The molecule has 0 aromatic rings. The zero-order valence-corrected chi connectivity index (χ0v) is 9.76. The molecule has 0 saturated carbocycles. The molecular formula is C13H22O2. The maximum absolute atomic E-state index is 11.6. The van der Waals surface area contributed by atoms with Crippen LogP contribution in [0.2, 0.25) is 0 Å². The zero-order valence-electron chi connectivity index (χ0n) is 9.76. The molecule has 0 N–H and O–H groups in total. The summed E-state index contributed by atoms with van der Waals surface area (Å²) in [6, 6.07) is 0. The second kappa shape index (κ2) is 7.49. The van der Waals surface area contributed by atoms with Gasteiger partial charge in [0.25, 0.3) is 0 Å². The highest BCUT2D eigenvalue weighted by Crippen LogP contribution is 2.15. The van der Waals surface area contributed by atoms with E-state index in [9.17, 15) is 4.79 Å². The van der Waals surface area contributed by atoms with Gasteiger partial charge in [-0.1, -0.05) is 32.3 Å². The summed E-state index contributed by atoms with van der Waals surface area (Å²) < 4.78 is 5.22. The first-order chi connectivity index (χ1) is 7.34. The SMILES string of the molecule is CCCCC1=CCCCCCCOC1=O. The predicted molar refractivity (Wildman–Crippen MR) is 61.7 cm³/mol. The molecule has 2 heteroatoms. The van der Waals surface area contributed by atoms with Crippen molar-refractivity contribution >= 4 is 5.97 Å². The van der Waals surface area contributed by atoms with E-state index in [0.29, 0.717) is 6.61 Å². The maximum atomic E-state index is 11.6. The summed E-state index contributed by atoms with van der Waals surface area (Å²) in [5.41, 5.74) is 0.902. The van der Waals surface area contributed by atoms with Crippen molar-refractivity contribution in [1.82, 2.24) is 0 Å². The fourth-order valence-corrected chi connectivity index (χ4v) is 1.79. The van der Waals surface area contributed by atoms with Gasteiger partial charge in [0.15, 0.2) is 0 Å². The summed E-state index contributed by atoms with van der Waals surface area (Å²) in [5.74, 6) is -0.0784. The van der Waals surface area contributed by atoms with E-state index in [1.165, 1.54) is 19.3 Å². The van der Waals surface area contributed by atoms with Crippen molar-refractivity contribution in [2.24, 2.45) is 0 Å². The van der Waals surface area contributed by atoms with Gasteiger partial charge in [-0.25, -0.2) is 4.79 Å². The summed E-state index contributed by atoms with van der Waals surface area (Å²) in [5, 5.41) is 0. The van der Waals surface area contributed by atoms with E-state index in [0.717, 1.165) is 37.7 Å². The fourth-order valence-electron chi connectivity index (χ4n) is 1.79. The molecule has 0 unspecified atom stereocenters. The monoisotopic (exact) mass is 210 g/mol. The normalized spacial score (nSPS) is 19.3. The molecule has 86 valence electrons. The highest BCUT2D eigenvalue weighted by Gasteiger charge is 2.10. The molecule has 0 saturated heterocycles. The molecular weight excluding hydrogens is 188 g/mol. The van der Waals surface area contributed by atoms with Crippen molar-refractivity contribution in [2.45, 2.75) is 58.3 Å². The van der Waals surface area contributed by atoms with Crippen LogP contribution >= 0.6 is 0 Å². The van der Waals surface area contributed by atoms with Crippen molar-refractivity contribution in [2.75, 3.05) is 6.61 Å². The molecule has 1 aliphatic rings. The fraction of sp³-hybridized carbons (Fsp3) is 0.769. The molecule has 1 heterocycles. The van der Waals surface area contributed by atoms with Crippen LogP contribution in [0.4, 0.5) is 0 Å². The second-order valence-electron chi connectivity index (χ2n) is 4.17. The van der Waals surface area contributed by atoms with Gasteiger partial charge < -0.3 is 4.74 Å². The number of esters is 1. The molecule has 0 amide bonds. The van der Waals surface area contributed by atoms with E-state index in [4.69, 9.17) is 4.74 Å². The van der Waals surface area contributed by atoms with Gasteiger partial charge >= 0.3 is 5.97 Å². The third-order valence-corrected chi connectivity index (χ3v) is 2.78. The number of unbranched alkanes of at least 4 members (excludes halogenated alkanes) is 1. The maximum Gasteiger partial charge on any atom is 0.333 e. The average molecular weight is 210 g/mol. The Kier molecular flexibility index (Phi) is 6.14. The van der Waals surface area contributed by atoms with Gasteiger partial charge in [0.2, 0.25) is 0 Å². The Hall–Kier alpha value is -0.790. The van der Waals surface area contributed by atoms with Gasteiger partial charge in [-0.15, -0.1) is 0 Å². The lowest BCUT2D eigenvalue weighted by molar-refractivity contribution is -0.139. The highest BCUT2D eigenvalue weighted by atomic mass is 16.5. The van der Waals surface area contributed by atoms with Crippen molar-refractivity contribution in [3.05, 3.63) is 11.6 Å². The largest absolute Gasteiger partial charge is 0.462 e. The summed E-state index contributed by atoms with van der Waals surface area (Å²) in [7, 11) is 0. The van der Waals surface area contributed by atoms with Crippen molar-refractivity contribution in [3.8, 4) is 0 Å². The van der Waals surface area contributed by atoms with Crippen LogP contribution in [0.5, 0.6) is 0 Å². The highest BCUT2D eigenvalue weighted by molar-refractivity contribution is 5.88. The van der Waals surface area contributed by atoms with Crippen LogP contribution < -0.4 is 0 Å². The predicted octanol–water partition coefficient (Wildman–Crippen LogP) is 3.61. The van der Waals surface area contributed by atoms with E-state index in [2.05, 4.69) is 13.0 Å². The summed E-state index contributed by atoms with van der Waals surface area (Å²) in [6.07, 6.45) is 10.9. The summed E-state index contributed by atoms with van der Waals surface area (Å²) >= 11 is 0. The molecule has 0 bridgehead atoms. The Labute approximate surface area is 92.7 Å². The lowest BCUT2D eigenvalue weighted by atomic mass is 10.0. The molecule has 0 aromatic heterocycles. The Balaban J connectivity index is 2.50. The molecule has 0 fully saturated rings. The summed E-state index contributed by atoms with van der Waals surface area (Å²) in [6.45, 7) is 2.74. The minimum atomic E-state index is -0.0784. The van der Waals surface area contributed by atoms with Gasteiger partial charge in [-0.2, -0.15) is 0 Å². The number of cyclic esters (lactones) is 1. The number of carbonyl (C=O) groups excluding carboxylic acids is 1. The molecule has 1 aliphatic heterocycles. The smallest absolute Gasteiger partial charge is 0.333 e. The van der Waals surface area contributed by atoms with Gasteiger partial charge in [0.1, 0.15) is 0 Å². The number of rotatable bonds is 3. The van der Waals surface area contributed by atoms with Crippen LogP contribution in [0.1, 0.15) is 58.3 Å². The van der Waals surface area contributed by atoms with Crippen LogP contribution in [0.3, 0.4) is 0 Å². The third-order valence-electron chi connectivity index (χ3n) is 2.78. The lowest BCUT2D eigenvalue weighted by Gasteiger charge is -2.10. The number of hydrogen-bond donors (Lipinski definition) is 0. The Morgan fingerprint density at radius 3 is 2.87 bits per heavy atom. The average Bonchev–Trinajstić information content (AvgIpc) is 2.26. The molecule has 0 atom stereocenters. The van der Waals surface area contributed by atoms with E-state index in [1.54, 1.807) is 0 Å². The first kappa shape index (κ1) is 12.3. The van der Waals surface area contributed by atoms with Gasteiger partial charge in [0.05, 0.1) is 6.61 Å². The van der Waals surface area contributed by atoms with E-state index < -0.39 is 0 Å². The van der Waals surface area contributed by atoms with Crippen LogP contribution in [0.25, 0.3) is 0 Å². The third kappa shape index (κ3) is 5.01. The quantitative estimate of drug-likeness (QED) is 0.665. The Morgan fingerprint density at radius 2 is 2.07 bits per heavy atom. The van der Waals surface area contributed by atoms with E-state index >= 15 is 0 Å². The Morgan fingerprint density at radius 1 is 1.27 bits per heavy atom. The van der Waals surface area contributed by atoms with Crippen LogP contribution in [0.15, 0.2) is 11.6 Å². The molecule has 0 aliphatic carbocycles. The molecule has 2 nitrogen and oxygen atoms in total. The molecule has 1 rings (SSSR count). The van der Waals surface area contributed by atoms with Gasteiger partial charge in [-0.3, -0.25) is 0 Å². The number of ether oxygens (including phenoxy) is 1. The second-order valence-corrected chi connectivity index (χ2v) is 4.17. The number of allylic oxidation sites excluding steroid dienone is 1. The summed E-state index contributed by atoms with van der Waals surface area (Å²) in [4.78, 5) is 11.6. The number of hydrogen-bond acceptors (Lipinski definition) is 2. The van der Waals surface area contributed by atoms with Crippen LogP contribution in [-0.2, 0) is 9.53 Å². The number of carbonyl (C=O) groups is 1. The standard InChI is InChI=1S/C13H22O2/c1-2-3-9-12-10-7-5-4-6-8-11-15-13(12)14/h10H,2-9,11H2,1H3. The first-order valence-corrected chi connectivity index (χ1v) is 6.20. The topological polar surface area (TPSA) is 26.3 Å². The lowest BCUT2D eigenvalue weighted by Crippen LogP contribution is -2.10. The minimum Gasteiger partial charge on any atom is -0.462 e. The Bertz CT molecular complexity index is 219. The minimum absolute atomic E-state index is 0.0784. The van der Waals surface area contributed by atoms with Crippen LogP contribution in [-0.4, -0.2) is 12.6 Å². The molecule has 15 heavy (non-hydrogen) atoms.